The number of amides is 1. The van der Waals surface area contributed by atoms with Crippen LogP contribution in [-0.2, 0) is 20.7 Å². The van der Waals surface area contributed by atoms with E-state index in [9.17, 15) is 9.59 Å². The maximum absolute atomic E-state index is 12.1. The van der Waals surface area contributed by atoms with E-state index in [4.69, 9.17) is 5.73 Å². The monoisotopic (exact) mass is 339 g/mol. The first-order chi connectivity index (χ1) is 10.5. The second-order valence-corrected chi connectivity index (χ2v) is 4.74. The second kappa shape index (κ2) is 8.25. The summed E-state index contributed by atoms with van der Waals surface area (Å²) < 4.78 is 4.52. The molecule has 0 radical (unpaired) electrons. The van der Waals surface area contributed by atoms with Gasteiger partial charge in [0.25, 0.3) is 0 Å². The van der Waals surface area contributed by atoms with Gasteiger partial charge in [0.05, 0.1) is 7.11 Å². The predicted molar refractivity (Wildman–Crippen MR) is 86.1 cm³/mol. The molecule has 23 heavy (non-hydrogen) atoms. The molecule has 1 heterocycles. The van der Waals surface area contributed by atoms with Crippen molar-refractivity contribution in [1.82, 2.24) is 15.2 Å². The predicted octanol–water partition coefficient (Wildman–Crippen LogP) is 0.889. The van der Waals surface area contributed by atoms with Gasteiger partial charge < -0.3 is 10.5 Å². The van der Waals surface area contributed by atoms with Crippen molar-refractivity contribution < 1.29 is 14.3 Å². The van der Waals surface area contributed by atoms with E-state index >= 15 is 0 Å². The van der Waals surface area contributed by atoms with Crippen molar-refractivity contribution in [3.05, 3.63) is 41.2 Å². The Bertz CT molecular complexity index is 671. The zero-order chi connectivity index (χ0) is 16.1. The van der Waals surface area contributed by atoms with Crippen molar-refractivity contribution in [1.29, 1.82) is 0 Å². The average molecular weight is 340 g/mol. The Hall–Kier alpha value is -2.45. The van der Waals surface area contributed by atoms with Crippen molar-refractivity contribution in [3.8, 4) is 0 Å². The molecule has 1 aromatic heterocycles. The largest absolute Gasteiger partial charge is 0.469 e. The van der Waals surface area contributed by atoms with Crippen LogP contribution in [0.5, 0.6) is 0 Å². The van der Waals surface area contributed by atoms with E-state index in [0.717, 1.165) is 5.56 Å². The number of methoxy groups -OCH3 is 1. The van der Waals surface area contributed by atoms with Gasteiger partial charge in [-0.1, -0.05) is 29.8 Å². The summed E-state index contributed by atoms with van der Waals surface area (Å²) in [7, 11) is 1.28. The molecule has 2 aromatic rings. The Morgan fingerprint density at radius 3 is 2.61 bits per heavy atom. The highest BCUT2D eigenvalue weighted by Crippen LogP contribution is 2.13. The summed E-state index contributed by atoms with van der Waals surface area (Å²) in [6, 6.07) is 6.51. The zero-order valence-corrected chi connectivity index (χ0v) is 13.5. The Labute approximate surface area is 139 Å². The van der Waals surface area contributed by atoms with Gasteiger partial charge in [-0.3, -0.25) is 20.0 Å². The molecule has 0 aliphatic heterocycles. The molecule has 0 saturated carbocycles. The molecule has 4 N–H and O–H groups in total. The molecule has 8 nitrogen and oxygen atoms in total. The normalized spacial score (nSPS) is 11.3. The quantitative estimate of drug-likeness (QED) is 0.695. The number of hydrogen-bond acceptors (Lipinski definition) is 6. The molecule has 1 atom stereocenters. The minimum Gasteiger partial charge on any atom is -0.469 e. The second-order valence-electron chi connectivity index (χ2n) is 4.74. The summed E-state index contributed by atoms with van der Waals surface area (Å²) in [5, 5.41) is 8.84. The number of carbonyl (C=O) groups is 2. The zero-order valence-electron chi connectivity index (χ0n) is 12.7. The van der Waals surface area contributed by atoms with E-state index < -0.39 is 17.9 Å². The van der Waals surface area contributed by atoms with Crippen LogP contribution in [-0.4, -0.2) is 34.2 Å². The highest BCUT2D eigenvalue weighted by molar-refractivity contribution is 5.94. The molecule has 0 aliphatic carbocycles. The van der Waals surface area contributed by atoms with Gasteiger partial charge in [-0.15, -0.1) is 17.5 Å². The van der Waals surface area contributed by atoms with Gasteiger partial charge in [0.1, 0.15) is 18.3 Å². The molecule has 2 rings (SSSR count). The fourth-order valence-corrected chi connectivity index (χ4v) is 1.75. The van der Waals surface area contributed by atoms with Crippen LogP contribution >= 0.6 is 12.4 Å². The van der Waals surface area contributed by atoms with E-state index in [-0.39, 0.29) is 24.8 Å². The van der Waals surface area contributed by atoms with Crippen LogP contribution in [0.25, 0.3) is 0 Å². The van der Waals surface area contributed by atoms with Crippen LogP contribution in [0.2, 0.25) is 0 Å². The number of carbonyl (C=O) groups excluding carboxylic acids is 2. The lowest BCUT2D eigenvalue weighted by molar-refractivity contribution is -0.139. The van der Waals surface area contributed by atoms with Crippen molar-refractivity contribution in [2.24, 2.45) is 5.73 Å². The lowest BCUT2D eigenvalue weighted by atomic mass is 10.1. The maximum Gasteiger partial charge on any atom is 0.313 e. The van der Waals surface area contributed by atoms with Gasteiger partial charge >= 0.3 is 5.97 Å². The number of nitrogens with zero attached hydrogens (tertiary/aromatic N) is 2. The number of H-pyrrole nitrogens is 1. The number of aryl methyl sites for hydroxylation is 1. The van der Waals surface area contributed by atoms with Crippen LogP contribution in [0.3, 0.4) is 0 Å². The third-order valence-electron chi connectivity index (χ3n) is 3.03. The minimum absolute atomic E-state index is 0. The Morgan fingerprint density at radius 2 is 2.00 bits per heavy atom. The molecule has 0 saturated heterocycles. The number of nitrogens with one attached hydrogen (secondary N) is 2. The van der Waals surface area contributed by atoms with Crippen molar-refractivity contribution >= 4 is 30.2 Å². The number of nitrogens with two attached hydrogens (primary N) is 1. The highest BCUT2D eigenvalue weighted by atomic mass is 35.5. The number of benzene rings is 1. The number of aromatic nitrogens is 3. The highest BCUT2D eigenvalue weighted by Gasteiger charge is 2.18. The third-order valence-corrected chi connectivity index (χ3v) is 3.03. The van der Waals surface area contributed by atoms with Crippen LogP contribution in [0.15, 0.2) is 24.3 Å². The van der Waals surface area contributed by atoms with Gasteiger partial charge in [0.2, 0.25) is 11.9 Å². The molecular formula is C14H18ClN5O3. The average Bonchev–Trinajstić information content (AvgIpc) is 2.94. The molecule has 0 aliphatic rings. The first-order valence-electron chi connectivity index (χ1n) is 6.60. The minimum atomic E-state index is -0.830. The van der Waals surface area contributed by atoms with Crippen molar-refractivity contribution in [2.75, 3.05) is 12.4 Å². The van der Waals surface area contributed by atoms with Gasteiger partial charge in [0, 0.05) is 0 Å². The lowest BCUT2D eigenvalue weighted by Crippen LogP contribution is -2.28. The molecule has 1 aromatic carbocycles. The van der Waals surface area contributed by atoms with E-state index in [2.05, 4.69) is 25.2 Å². The summed E-state index contributed by atoms with van der Waals surface area (Å²) in [4.78, 5) is 27.2. The van der Waals surface area contributed by atoms with Gasteiger partial charge in [0.15, 0.2) is 0 Å². The topological polar surface area (TPSA) is 123 Å². The fourth-order valence-electron chi connectivity index (χ4n) is 1.75. The van der Waals surface area contributed by atoms with E-state index in [1.54, 1.807) is 12.1 Å². The van der Waals surface area contributed by atoms with Crippen LogP contribution in [0, 0.1) is 6.92 Å². The van der Waals surface area contributed by atoms with Crippen molar-refractivity contribution in [2.45, 2.75) is 19.4 Å². The number of halogens is 1. The van der Waals surface area contributed by atoms with Gasteiger partial charge in [-0.05, 0) is 12.5 Å². The number of esters is 1. The summed E-state index contributed by atoms with van der Waals surface area (Å²) in [6.45, 7) is 1.95. The Balaban J connectivity index is 0.00000264. The SMILES string of the molecule is COC(=O)Cc1nc(NC(=O)C(N)c2ccc(C)cc2)n[nH]1.Cl. The summed E-state index contributed by atoms with van der Waals surface area (Å²) in [6.07, 6.45) is -0.0522. The van der Waals surface area contributed by atoms with Gasteiger partial charge in [-0.2, -0.15) is 4.98 Å². The Morgan fingerprint density at radius 1 is 1.35 bits per heavy atom. The van der Waals surface area contributed by atoms with Gasteiger partial charge in [-0.25, -0.2) is 0 Å². The fraction of sp³-hybridized carbons (Fsp3) is 0.286. The molecule has 0 spiro atoms. The molecule has 0 fully saturated rings. The molecule has 0 bridgehead atoms. The molecule has 1 amide bonds. The first kappa shape index (κ1) is 18.6. The Kier molecular flexibility index (Phi) is 6.67. The number of rotatable bonds is 5. The first-order valence-corrected chi connectivity index (χ1v) is 6.60. The summed E-state index contributed by atoms with van der Waals surface area (Å²) >= 11 is 0. The number of ether oxygens (including phenoxy) is 1. The molecule has 124 valence electrons. The van der Waals surface area contributed by atoms with Crippen molar-refractivity contribution in [3.63, 3.8) is 0 Å². The van der Waals surface area contributed by atoms with E-state index in [1.807, 2.05) is 19.1 Å². The maximum atomic E-state index is 12.1. The van der Waals surface area contributed by atoms with E-state index in [1.165, 1.54) is 7.11 Å². The summed E-state index contributed by atoms with van der Waals surface area (Å²) in [5.74, 6) is -0.532. The molecule has 1 unspecified atom stereocenters. The molecule has 9 heteroatoms. The van der Waals surface area contributed by atoms with E-state index in [0.29, 0.717) is 11.4 Å². The third kappa shape index (κ3) is 5.04. The number of anilines is 1. The number of aromatic amines is 1. The molecular weight excluding hydrogens is 322 g/mol. The van der Waals surface area contributed by atoms with Crippen LogP contribution in [0.1, 0.15) is 23.0 Å². The van der Waals surface area contributed by atoms with Crippen LogP contribution < -0.4 is 11.1 Å². The number of hydrogen-bond donors (Lipinski definition) is 3. The summed E-state index contributed by atoms with van der Waals surface area (Å²) in [5.41, 5.74) is 7.66. The lowest BCUT2D eigenvalue weighted by Gasteiger charge is -2.10. The smallest absolute Gasteiger partial charge is 0.313 e. The van der Waals surface area contributed by atoms with Crippen LogP contribution in [0.4, 0.5) is 5.95 Å². The standard InChI is InChI=1S/C14H17N5O3.ClH/c1-8-3-5-9(6-4-8)12(15)13(21)17-14-16-10(18-19-14)7-11(20)22-2;/h3-6,12H,7,15H2,1-2H3,(H2,16,17,18,19,21);1H.